The lowest BCUT2D eigenvalue weighted by atomic mass is 10.1. The van der Waals surface area contributed by atoms with Gasteiger partial charge in [-0.2, -0.15) is 5.10 Å². The Bertz CT molecular complexity index is 896. The van der Waals surface area contributed by atoms with E-state index in [1.807, 2.05) is 36.9 Å². The number of rotatable bonds is 8. The summed E-state index contributed by atoms with van der Waals surface area (Å²) in [5.41, 5.74) is 4.26. The molecule has 0 aliphatic carbocycles. The summed E-state index contributed by atoms with van der Waals surface area (Å²) in [6, 6.07) is 8.26. The summed E-state index contributed by atoms with van der Waals surface area (Å²) in [4.78, 5) is 15.3. The molecule has 0 fully saturated rings. The molecule has 0 aliphatic rings. The summed E-state index contributed by atoms with van der Waals surface area (Å²) in [6.07, 6.45) is 5.18. The lowest BCUT2D eigenvalue weighted by molar-refractivity contribution is -0.121. The maximum absolute atomic E-state index is 12.0. The Morgan fingerprint density at radius 1 is 1.27 bits per heavy atom. The highest BCUT2D eigenvalue weighted by atomic mass is 35.5. The van der Waals surface area contributed by atoms with E-state index >= 15 is 0 Å². The monoisotopic (exact) mass is 372 g/mol. The fourth-order valence-corrected chi connectivity index (χ4v) is 3.35. The number of nitrogens with one attached hydrogen (secondary N) is 2. The first-order valence-corrected chi connectivity index (χ1v) is 9.45. The second-order valence-corrected chi connectivity index (χ2v) is 7.00. The predicted octanol–water partition coefficient (Wildman–Crippen LogP) is 4.16. The molecular formula is C20H25ClN4O. The number of nitrogens with zero attached hydrogens (tertiary/aromatic N) is 2. The fourth-order valence-electron chi connectivity index (χ4n) is 3.22. The standard InChI is InChI=1S/C20H25ClN4O/c1-14-20(21)15(2)25(24-14)12-6-11-22-19(26)10-5-7-16-13-23-18-9-4-3-8-17(16)18/h3-4,8-9,13,23H,5-7,10-12H2,1-2H3,(H,22,26). The maximum Gasteiger partial charge on any atom is 0.220 e. The van der Waals surface area contributed by atoms with Gasteiger partial charge in [-0.3, -0.25) is 9.48 Å². The number of halogens is 1. The van der Waals surface area contributed by atoms with E-state index in [1.165, 1.54) is 10.9 Å². The molecular weight excluding hydrogens is 348 g/mol. The van der Waals surface area contributed by atoms with Gasteiger partial charge in [0.25, 0.3) is 0 Å². The first kappa shape index (κ1) is 18.5. The number of benzene rings is 1. The number of fused-ring (bicyclic) bond motifs is 1. The smallest absolute Gasteiger partial charge is 0.220 e. The Balaban J connectivity index is 1.36. The van der Waals surface area contributed by atoms with Gasteiger partial charge < -0.3 is 10.3 Å². The molecule has 0 radical (unpaired) electrons. The van der Waals surface area contributed by atoms with Gasteiger partial charge in [-0.15, -0.1) is 0 Å². The van der Waals surface area contributed by atoms with E-state index in [4.69, 9.17) is 11.6 Å². The van der Waals surface area contributed by atoms with Crippen molar-refractivity contribution in [2.45, 2.75) is 46.1 Å². The normalized spacial score (nSPS) is 11.2. The molecule has 0 saturated carbocycles. The van der Waals surface area contributed by atoms with E-state index in [0.29, 0.717) is 13.0 Å². The van der Waals surface area contributed by atoms with Gasteiger partial charge in [0.15, 0.2) is 0 Å². The van der Waals surface area contributed by atoms with E-state index < -0.39 is 0 Å². The molecule has 0 unspecified atom stereocenters. The van der Waals surface area contributed by atoms with Gasteiger partial charge in [0.05, 0.1) is 16.4 Å². The highest BCUT2D eigenvalue weighted by Gasteiger charge is 2.09. The minimum atomic E-state index is 0.108. The number of carbonyl (C=O) groups is 1. The Hall–Kier alpha value is -2.27. The Morgan fingerprint density at radius 3 is 2.85 bits per heavy atom. The summed E-state index contributed by atoms with van der Waals surface area (Å²) in [6.45, 7) is 5.28. The number of H-pyrrole nitrogens is 1. The van der Waals surface area contributed by atoms with Crippen LogP contribution in [0.1, 0.15) is 36.2 Å². The molecule has 1 amide bonds. The van der Waals surface area contributed by atoms with Crippen LogP contribution in [-0.2, 0) is 17.8 Å². The average Bonchev–Trinajstić information content (AvgIpc) is 3.15. The third-order valence-corrected chi connectivity index (χ3v) is 5.23. The molecule has 0 spiro atoms. The van der Waals surface area contributed by atoms with E-state index in [0.717, 1.165) is 47.7 Å². The molecule has 5 nitrogen and oxygen atoms in total. The Labute approximate surface area is 158 Å². The molecule has 138 valence electrons. The third kappa shape index (κ3) is 4.28. The van der Waals surface area contributed by atoms with Gasteiger partial charge in [0.2, 0.25) is 5.91 Å². The molecule has 2 heterocycles. The van der Waals surface area contributed by atoms with Gasteiger partial charge in [0, 0.05) is 36.6 Å². The largest absolute Gasteiger partial charge is 0.361 e. The van der Waals surface area contributed by atoms with Crippen molar-refractivity contribution in [3.05, 3.63) is 52.4 Å². The summed E-state index contributed by atoms with van der Waals surface area (Å²) in [5, 5.41) is 9.36. The van der Waals surface area contributed by atoms with Crippen molar-refractivity contribution in [1.82, 2.24) is 20.1 Å². The zero-order valence-corrected chi connectivity index (χ0v) is 16.1. The maximum atomic E-state index is 12.0. The van der Waals surface area contributed by atoms with Crippen molar-refractivity contribution in [3.8, 4) is 0 Å². The van der Waals surface area contributed by atoms with Gasteiger partial charge >= 0.3 is 0 Å². The second-order valence-electron chi connectivity index (χ2n) is 6.62. The molecule has 6 heteroatoms. The van der Waals surface area contributed by atoms with Crippen LogP contribution in [0.5, 0.6) is 0 Å². The minimum absolute atomic E-state index is 0.108. The van der Waals surface area contributed by atoms with Crippen LogP contribution < -0.4 is 5.32 Å². The molecule has 1 aromatic carbocycles. The van der Waals surface area contributed by atoms with Crippen molar-refractivity contribution in [3.63, 3.8) is 0 Å². The second kappa shape index (κ2) is 8.41. The van der Waals surface area contributed by atoms with Crippen LogP contribution in [-0.4, -0.2) is 27.2 Å². The number of aromatic nitrogens is 3. The van der Waals surface area contributed by atoms with Gasteiger partial charge in [-0.25, -0.2) is 0 Å². The summed E-state index contributed by atoms with van der Waals surface area (Å²) >= 11 is 6.14. The lowest BCUT2D eigenvalue weighted by Crippen LogP contribution is -2.25. The van der Waals surface area contributed by atoms with Crippen LogP contribution in [0.25, 0.3) is 10.9 Å². The summed E-state index contributed by atoms with van der Waals surface area (Å²) < 4.78 is 1.90. The van der Waals surface area contributed by atoms with Crippen LogP contribution >= 0.6 is 11.6 Å². The zero-order valence-electron chi connectivity index (χ0n) is 15.3. The topological polar surface area (TPSA) is 62.7 Å². The third-order valence-electron chi connectivity index (χ3n) is 4.69. The van der Waals surface area contributed by atoms with Crippen LogP contribution in [0, 0.1) is 13.8 Å². The van der Waals surface area contributed by atoms with Crippen molar-refractivity contribution < 1.29 is 4.79 Å². The highest BCUT2D eigenvalue weighted by Crippen LogP contribution is 2.20. The zero-order chi connectivity index (χ0) is 18.5. The van der Waals surface area contributed by atoms with Crippen molar-refractivity contribution in [1.29, 1.82) is 0 Å². The van der Waals surface area contributed by atoms with Crippen LogP contribution in [0.2, 0.25) is 5.02 Å². The van der Waals surface area contributed by atoms with Gasteiger partial charge in [-0.05, 0) is 44.7 Å². The first-order valence-electron chi connectivity index (χ1n) is 9.07. The quantitative estimate of drug-likeness (QED) is 0.583. The number of aromatic amines is 1. The lowest BCUT2D eigenvalue weighted by Gasteiger charge is -2.07. The van der Waals surface area contributed by atoms with Crippen molar-refractivity contribution >= 4 is 28.4 Å². The number of para-hydroxylation sites is 1. The molecule has 26 heavy (non-hydrogen) atoms. The average molecular weight is 373 g/mol. The summed E-state index contributed by atoms with van der Waals surface area (Å²) in [7, 11) is 0. The molecule has 0 bridgehead atoms. The molecule has 0 saturated heterocycles. The number of aryl methyl sites for hydroxylation is 3. The van der Waals surface area contributed by atoms with Crippen LogP contribution in [0.3, 0.4) is 0 Å². The molecule has 2 aromatic heterocycles. The molecule has 0 atom stereocenters. The van der Waals surface area contributed by atoms with Gasteiger partial charge in [-0.1, -0.05) is 29.8 Å². The number of carbonyl (C=O) groups excluding carboxylic acids is 1. The minimum Gasteiger partial charge on any atom is -0.361 e. The number of amides is 1. The molecule has 2 N–H and O–H groups in total. The van der Waals surface area contributed by atoms with E-state index in [9.17, 15) is 4.79 Å². The molecule has 0 aliphatic heterocycles. The Morgan fingerprint density at radius 2 is 2.08 bits per heavy atom. The highest BCUT2D eigenvalue weighted by molar-refractivity contribution is 6.31. The number of hydrogen-bond acceptors (Lipinski definition) is 2. The van der Waals surface area contributed by atoms with E-state index in [-0.39, 0.29) is 5.91 Å². The van der Waals surface area contributed by atoms with Crippen LogP contribution in [0.15, 0.2) is 30.5 Å². The van der Waals surface area contributed by atoms with Crippen molar-refractivity contribution in [2.75, 3.05) is 6.54 Å². The molecule has 3 aromatic rings. The Kier molecular flexibility index (Phi) is 5.99. The fraction of sp³-hybridized carbons (Fsp3) is 0.400. The van der Waals surface area contributed by atoms with Crippen molar-refractivity contribution in [2.24, 2.45) is 0 Å². The van der Waals surface area contributed by atoms with E-state index in [2.05, 4.69) is 27.5 Å². The predicted molar refractivity (Wildman–Crippen MR) is 106 cm³/mol. The first-order chi connectivity index (χ1) is 12.6. The van der Waals surface area contributed by atoms with Crippen LogP contribution in [0.4, 0.5) is 0 Å². The SMILES string of the molecule is Cc1nn(CCCNC(=O)CCCc2c[nH]c3ccccc23)c(C)c1Cl. The summed E-state index contributed by atoms with van der Waals surface area (Å²) in [5.74, 6) is 0.108. The number of hydrogen-bond donors (Lipinski definition) is 2. The molecule has 3 rings (SSSR count). The van der Waals surface area contributed by atoms with Gasteiger partial charge in [0.1, 0.15) is 0 Å². The van der Waals surface area contributed by atoms with E-state index in [1.54, 1.807) is 0 Å².